The molecule has 1 unspecified atom stereocenters. The van der Waals surface area contributed by atoms with Crippen molar-refractivity contribution in [3.05, 3.63) is 0 Å². The van der Waals surface area contributed by atoms with Crippen molar-refractivity contribution in [2.75, 3.05) is 32.8 Å². The lowest BCUT2D eigenvalue weighted by molar-refractivity contribution is 0.00869. The smallest absolute Gasteiger partial charge is 0.0659 e. The van der Waals surface area contributed by atoms with E-state index in [4.69, 9.17) is 10.5 Å². The molecule has 0 aliphatic heterocycles. The minimum absolute atomic E-state index is 0.000347. The largest absolute Gasteiger partial charge is 0.380 e. The Morgan fingerprint density at radius 1 is 1.06 bits per heavy atom. The van der Waals surface area contributed by atoms with Crippen molar-refractivity contribution in [2.45, 2.75) is 58.9 Å². The quantitative estimate of drug-likeness (QED) is 0.607. The molecule has 3 heteroatoms. The van der Waals surface area contributed by atoms with Gasteiger partial charge in [-0.2, -0.15) is 0 Å². The van der Waals surface area contributed by atoms with E-state index in [9.17, 15) is 0 Å². The van der Waals surface area contributed by atoms with Crippen molar-refractivity contribution in [1.29, 1.82) is 0 Å². The molecular formula is C14H32N2O. The number of nitrogens with two attached hydrogens (primary N) is 1. The Labute approximate surface area is 108 Å². The summed E-state index contributed by atoms with van der Waals surface area (Å²) in [6.07, 6.45) is 4.95. The normalized spacial score (nSPS) is 15.2. The molecule has 104 valence electrons. The molecule has 0 aromatic carbocycles. The van der Waals surface area contributed by atoms with E-state index in [0.717, 1.165) is 26.3 Å². The van der Waals surface area contributed by atoms with Gasteiger partial charge in [0, 0.05) is 13.2 Å². The van der Waals surface area contributed by atoms with Gasteiger partial charge in [-0.05, 0) is 39.8 Å². The van der Waals surface area contributed by atoms with Gasteiger partial charge < -0.3 is 10.5 Å². The number of nitrogens with zero attached hydrogens (tertiary/aromatic N) is 1. The van der Waals surface area contributed by atoms with E-state index in [-0.39, 0.29) is 5.54 Å². The first-order valence-corrected chi connectivity index (χ1v) is 7.17. The first-order chi connectivity index (χ1) is 8.14. The van der Waals surface area contributed by atoms with Crippen molar-refractivity contribution < 1.29 is 4.74 Å². The molecule has 2 N–H and O–H groups in total. The standard InChI is InChI=1S/C14H32N2O/c1-5-8-10-16(11-9-6-2)14(4,12-15)13-17-7-3/h5-13,15H2,1-4H3. The fourth-order valence-electron chi connectivity index (χ4n) is 1.95. The van der Waals surface area contributed by atoms with E-state index < -0.39 is 0 Å². The van der Waals surface area contributed by atoms with Gasteiger partial charge in [0.1, 0.15) is 0 Å². The Bertz CT molecular complexity index is 168. The molecule has 0 saturated heterocycles. The van der Waals surface area contributed by atoms with Gasteiger partial charge in [-0.1, -0.05) is 26.7 Å². The zero-order valence-corrected chi connectivity index (χ0v) is 12.3. The SMILES string of the molecule is CCCCN(CCCC)C(C)(CN)COCC. The molecule has 0 bridgehead atoms. The van der Waals surface area contributed by atoms with Gasteiger partial charge >= 0.3 is 0 Å². The second-order valence-corrected chi connectivity index (χ2v) is 5.03. The lowest BCUT2D eigenvalue weighted by Gasteiger charge is -2.40. The molecule has 1 atom stereocenters. The highest BCUT2D eigenvalue weighted by Gasteiger charge is 2.29. The maximum Gasteiger partial charge on any atom is 0.0659 e. The second-order valence-electron chi connectivity index (χ2n) is 5.03. The van der Waals surface area contributed by atoms with Crippen molar-refractivity contribution in [1.82, 2.24) is 4.90 Å². The van der Waals surface area contributed by atoms with E-state index in [2.05, 4.69) is 25.7 Å². The summed E-state index contributed by atoms with van der Waals surface area (Å²) in [5.74, 6) is 0. The van der Waals surface area contributed by atoms with Gasteiger partial charge in [0.2, 0.25) is 0 Å². The third-order valence-corrected chi connectivity index (χ3v) is 3.38. The summed E-state index contributed by atoms with van der Waals surface area (Å²) in [5, 5.41) is 0. The third kappa shape index (κ3) is 6.39. The first-order valence-electron chi connectivity index (χ1n) is 7.17. The van der Waals surface area contributed by atoms with Gasteiger partial charge in [0.15, 0.2) is 0 Å². The fraction of sp³-hybridized carbons (Fsp3) is 1.00. The van der Waals surface area contributed by atoms with Crippen molar-refractivity contribution in [3.63, 3.8) is 0 Å². The van der Waals surface area contributed by atoms with Crippen molar-refractivity contribution >= 4 is 0 Å². The summed E-state index contributed by atoms with van der Waals surface area (Å²) in [7, 11) is 0. The molecule has 0 rings (SSSR count). The molecule has 0 spiro atoms. The molecule has 0 aromatic heterocycles. The number of hydrogen-bond donors (Lipinski definition) is 1. The average molecular weight is 244 g/mol. The maximum atomic E-state index is 5.97. The molecule has 0 aromatic rings. The summed E-state index contributed by atoms with van der Waals surface area (Å²) in [6, 6.07) is 0. The monoisotopic (exact) mass is 244 g/mol. The van der Waals surface area contributed by atoms with Crippen LogP contribution in [0, 0.1) is 0 Å². The van der Waals surface area contributed by atoms with E-state index >= 15 is 0 Å². The van der Waals surface area contributed by atoms with Gasteiger partial charge in [-0.3, -0.25) is 4.90 Å². The van der Waals surface area contributed by atoms with Crippen LogP contribution in [0.5, 0.6) is 0 Å². The molecule has 0 amide bonds. The van der Waals surface area contributed by atoms with Crippen molar-refractivity contribution in [3.8, 4) is 0 Å². The highest BCUT2D eigenvalue weighted by molar-refractivity contribution is 4.87. The molecule has 17 heavy (non-hydrogen) atoms. The van der Waals surface area contributed by atoms with E-state index in [1.54, 1.807) is 0 Å². The fourth-order valence-corrected chi connectivity index (χ4v) is 1.95. The maximum absolute atomic E-state index is 5.97. The van der Waals surface area contributed by atoms with E-state index in [1.165, 1.54) is 25.7 Å². The zero-order valence-electron chi connectivity index (χ0n) is 12.3. The van der Waals surface area contributed by atoms with Crippen LogP contribution in [-0.4, -0.2) is 43.3 Å². The van der Waals surface area contributed by atoms with Gasteiger partial charge in [0.05, 0.1) is 12.1 Å². The van der Waals surface area contributed by atoms with Crippen LogP contribution < -0.4 is 5.73 Å². The second kappa shape index (κ2) is 9.86. The topological polar surface area (TPSA) is 38.5 Å². The lowest BCUT2D eigenvalue weighted by atomic mass is 10.00. The summed E-state index contributed by atoms with van der Waals surface area (Å²) < 4.78 is 5.61. The summed E-state index contributed by atoms with van der Waals surface area (Å²) >= 11 is 0. The van der Waals surface area contributed by atoms with Crippen LogP contribution in [0.3, 0.4) is 0 Å². The van der Waals surface area contributed by atoms with Crippen LogP contribution in [0.15, 0.2) is 0 Å². The predicted octanol–water partition coefficient (Wildman–Crippen LogP) is 2.64. The van der Waals surface area contributed by atoms with Gasteiger partial charge in [-0.25, -0.2) is 0 Å². The molecule has 0 heterocycles. The first kappa shape index (κ1) is 16.9. The number of unbranched alkanes of at least 4 members (excludes halogenated alkanes) is 2. The number of rotatable bonds is 11. The Kier molecular flexibility index (Phi) is 9.79. The van der Waals surface area contributed by atoms with E-state index in [0.29, 0.717) is 6.54 Å². The predicted molar refractivity (Wildman–Crippen MR) is 75.3 cm³/mol. The zero-order chi connectivity index (χ0) is 13.1. The molecule has 0 radical (unpaired) electrons. The van der Waals surface area contributed by atoms with Gasteiger partial charge in [0.25, 0.3) is 0 Å². The van der Waals surface area contributed by atoms with Crippen LogP contribution in [0.2, 0.25) is 0 Å². The van der Waals surface area contributed by atoms with E-state index in [1.807, 2.05) is 6.92 Å². The van der Waals surface area contributed by atoms with Crippen LogP contribution >= 0.6 is 0 Å². The number of hydrogen-bond acceptors (Lipinski definition) is 3. The van der Waals surface area contributed by atoms with Crippen LogP contribution in [0.1, 0.15) is 53.4 Å². The Morgan fingerprint density at radius 2 is 1.59 bits per heavy atom. The van der Waals surface area contributed by atoms with Crippen LogP contribution in [-0.2, 0) is 4.74 Å². The summed E-state index contributed by atoms with van der Waals surface area (Å²) in [6.45, 7) is 13.2. The minimum atomic E-state index is 0.000347. The van der Waals surface area contributed by atoms with Crippen LogP contribution in [0.4, 0.5) is 0 Å². The van der Waals surface area contributed by atoms with Crippen LogP contribution in [0.25, 0.3) is 0 Å². The van der Waals surface area contributed by atoms with Gasteiger partial charge in [-0.15, -0.1) is 0 Å². The Balaban J connectivity index is 4.44. The molecule has 3 nitrogen and oxygen atoms in total. The molecule has 0 fully saturated rings. The molecular weight excluding hydrogens is 212 g/mol. The highest BCUT2D eigenvalue weighted by atomic mass is 16.5. The average Bonchev–Trinajstić information content (AvgIpc) is 2.36. The Morgan fingerprint density at radius 3 is 1.94 bits per heavy atom. The van der Waals surface area contributed by atoms with Crippen molar-refractivity contribution in [2.24, 2.45) is 5.73 Å². The lowest BCUT2D eigenvalue weighted by Crippen LogP contribution is -2.55. The summed E-state index contributed by atoms with van der Waals surface area (Å²) in [5.41, 5.74) is 5.97. The minimum Gasteiger partial charge on any atom is -0.380 e. The number of ether oxygens (including phenoxy) is 1. The molecule has 0 saturated carbocycles. The Hall–Kier alpha value is -0.120. The molecule has 0 aliphatic carbocycles. The molecule has 0 aliphatic rings. The third-order valence-electron chi connectivity index (χ3n) is 3.38. The highest BCUT2D eigenvalue weighted by Crippen LogP contribution is 2.16. The summed E-state index contributed by atoms with van der Waals surface area (Å²) in [4.78, 5) is 2.52.